The molecule has 1 amide bonds. The van der Waals surface area contributed by atoms with Crippen LogP contribution in [0.1, 0.15) is 24.8 Å². The highest BCUT2D eigenvalue weighted by Crippen LogP contribution is 2.28. The number of rotatable bonds is 5. The number of nitrogens with zero attached hydrogens (tertiary/aromatic N) is 1. The van der Waals surface area contributed by atoms with Gasteiger partial charge < -0.3 is 10.6 Å². The first-order chi connectivity index (χ1) is 8.18. The van der Waals surface area contributed by atoms with Crippen molar-refractivity contribution in [3.05, 3.63) is 29.8 Å². The summed E-state index contributed by atoms with van der Waals surface area (Å²) in [4.78, 5) is 14.3. The normalized spacial score (nSPS) is 13.9. The van der Waals surface area contributed by atoms with E-state index in [1.807, 2.05) is 29.2 Å². The van der Waals surface area contributed by atoms with Gasteiger partial charge in [0.15, 0.2) is 0 Å². The molecule has 0 saturated heterocycles. The Labute approximate surface area is 107 Å². The van der Waals surface area contributed by atoms with Crippen LogP contribution in [0.3, 0.4) is 0 Å². The van der Waals surface area contributed by atoms with Crippen molar-refractivity contribution in [3.63, 3.8) is 0 Å². The minimum absolute atomic E-state index is 0.196. The Morgan fingerprint density at radius 1 is 1.35 bits per heavy atom. The van der Waals surface area contributed by atoms with E-state index in [-0.39, 0.29) is 5.91 Å². The number of hydrogen-bond donors (Lipinski definition) is 1. The Morgan fingerprint density at radius 2 is 2.12 bits per heavy atom. The third-order valence-electron chi connectivity index (χ3n) is 2.98. The van der Waals surface area contributed by atoms with Gasteiger partial charge in [0, 0.05) is 12.2 Å². The van der Waals surface area contributed by atoms with Gasteiger partial charge in [0.2, 0.25) is 5.91 Å². The molecule has 2 N–H and O–H groups in total. The summed E-state index contributed by atoms with van der Waals surface area (Å²) >= 11 is 4.83. The van der Waals surface area contributed by atoms with Crippen LogP contribution in [0.5, 0.6) is 0 Å². The first-order valence-electron chi connectivity index (χ1n) is 5.85. The number of para-hydroxylation sites is 1. The third kappa shape index (κ3) is 2.82. The van der Waals surface area contributed by atoms with Gasteiger partial charge in [-0.05, 0) is 30.9 Å². The maximum absolute atomic E-state index is 11.8. The third-order valence-corrected chi connectivity index (χ3v) is 3.18. The Bertz CT molecular complexity index is 445. The Hall–Kier alpha value is -1.42. The predicted octanol–water partition coefficient (Wildman–Crippen LogP) is 2.03. The maximum Gasteiger partial charge on any atom is 0.231 e. The second kappa shape index (κ2) is 5.27. The number of amides is 1. The van der Waals surface area contributed by atoms with Crippen molar-refractivity contribution in [2.75, 3.05) is 11.4 Å². The number of carbonyl (C=O) groups excluding carboxylic acids is 1. The molecule has 0 spiro atoms. The zero-order valence-electron chi connectivity index (χ0n) is 9.69. The molecule has 0 saturated carbocycles. The highest BCUT2D eigenvalue weighted by atomic mass is 32.1. The number of fused-ring (bicyclic) bond motifs is 1. The number of benzene rings is 1. The van der Waals surface area contributed by atoms with Gasteiger partial charge in [-0.1, -0.05) is 30.4 Å². The van der Waals surface area contributed by atoms with Gasteiger partial charge in [0.05, 0.1) is 11.4 Å². The molecule has 0 atom stereocenters. The van der Waals surface area contributed by atoms with E-state index in [0.29, 0.717) is 11.4 Å². The van der Waals surface area contributed by atoms with Gasteiger partial charge in [-0.3, -0.25) is 4.79 Å². The van der Waals surface area contributed by atoms with Crippen molar-refractivity contribution in [3.8, 4) is 0 Å². The molecule has 0 radical (unpaired) electrons. The average molecular weight is 248 g/mol. The summed E-state index contributed by atoms with van der Waals surface area (Å²) in [5.41, 5.74) is 7.64. The number of anilines is 1. The number of thiocarbonyl (C=S) groups is 1. The molecule has 2 rings (SSSR count). The minimum Gasteiger partial charge on any atom is -0.393 e. The van der Waals surface area contributed by atoms with Gasteiger partial charge in [-0.2, -0.15) is 0 Å². The summed E-state index contributed by atoms with van der Waals surface area (Å²) in [5, 5.41) is 0. The predicted molar refractivity (Wildman–Crippen MR) is 73.1 cm³/mol. The van der Waals surface area contributed by atoms with Crippen molar-refractivity contribution in [1.82, 2.24) is 0 Å². The lowest BCUT2D eigenvalue weighted by molar-refractivity contribution is -0.117. The molecule has 3 nitrogen and oxygen atoms in total. The van der Waals surface area contributed by atoms with E-state index >= 15 is 0 Å². The van der Waals surface area contributed by atoms with Crippen LogP contribution in [0.25, 0.3) is 0 Å². The van der Waals surface area contributed by atoms with Crippen LogP contribution in [0.4, 0.5) is 5.69 Å². The maximum atomic E-state index is 11.8. The van der Waals surface area contributed by atoms with E-state index in [9.17, 15) is 4.79 Å². The number of unbranched alkanes of at least 4 members (excludes halogenated alkanes) is 1. The summed E-state index contributed by atoms with van der Waals surface area (Å²) < 4.78 is 0. The molecule has 1 heterocycles. The standard InChI is InChI=1S/C13H16N2OS/c14-12(17)7-3-4-8-15-11-6-2-1-5-10(11)9-13(15)16/h1-2,5-6H,3-4,7-9H2,(H2,14,17). The molecular weight excluding hydrogens is 232 g/mol. The second-order valence-corrected chi connectivity index (χ2v) is 4.80. The van der Waals surface area contributed by atoms with Crippen LogP contribution >= 0.6 is 12.2 Å². The monoisotopic (exact) mass is 248 g/mol. The molecule has 1 aromatic carbocycles. The van der Waals surface area contributed by atoms with E-state index in [1.54, 1.807) is 0 Å². The molecule has 90 valence electrons. The van der Waals surface area contributed by atoms with Crippen molar-refractivity contribution in [2.45, 2.75) is 25.7 Å². The molecule has 1 aromatic rings. The molecule has 0 aliphatic carbocycles. The minimum atomic E-state index is 0.196. The van der Waals surface area contributed by atoms with Crippen LogP contribution in [0.2, 0.25) is 0 Å². The Morgan fingerprint density at radius 3 is 2.88 bits per heavy atom. The van der Waals surface area contributed by atoms with Crippen molar-refractivity contribution >= 4 is 28.8 Å². The van der Waals surface area contributed by atoms with E-state index in [4.69, 9.17) is 18.0 Å². The number of carbonyl (C=O) groups is 1. The Kier molecular flexibility index (Phi) is 3.74. The SMILES string of the molecule is NC(=S)CCCCN1C(=O)Cc2ccccc21. The van der Waals surface area contributed by atoms with Gasteiger partial charge in [0.25, 0.3) is 0 Å². The van der Waals surface area contributed by atoms with Crippen LogP contribution in [-0.2, 0) is 11.2 Å². The van der Waals surface area contributed by atoms with Gasteiger partial charge in [-0.15, -0.1) is 0 Å². The molecule has 1 aliphatic heterocycles. The Balaban J connectivity index is 1.93. The topological polar surface area (TPSA) is 46.3 Å². The fourth-order valence-corrected chi connectivity index (χ4v) is 2.27. The summed E-state index contributed by atoms with van der Waals surface area (Å²) in [7, 11) is 0. The summed E-state index contributed by atoms with van der Waals surface area (Å²) in [6.07, 6.45) is 3.18. The first-order valence-corrected chi connectivity index (χ1v) is 6.26. The molecule has 0 aromatic heterocycles. The van der Waals surface area contributed by atoms with E-state index in [0.717, 1.165) is 37.1 Å². The fourth-order valence-electron chi connectivity index (χ4n) is 2.13. The van der Waals surface area contributed by atoms with Crippen molar-refractivity contribution in [2.24, 2.45) is 5.73 Å². The van der Waals surface area contributed by atoms with E-state index < -0.39 is 0 Å². The largest absolute Gasteiger partial charge is 0.393 e. The smallest absolute Gasteiger partial charge is 0.231 e. The lowest BCUT2D eigenvalue weighted by atomic mass is 10.2. The van der Waals surface area contributed by atoms with Gasteiger partial charge >= 0.3 is 0 Å². The lowest BCUT2D eigenvalue weighted by Crippen LogP contribution is -2.27. The molecule has 4 heteroatoms. The molecule has 0 unspecified atom stereocenters. The number of hydrogen-bond acceptors (Lipinski definition) is 2. The van der Waals surface area contributed by atoms with Crippen LogP contribution in [-0.4, -0.2) is 17.4 Å². The summed E-state index contributed by atoms with van der Waals surface area (Å²) in [5.74, 6) is 0.196. The van der Waals surface area contributed by atoms with Crippen LogP contribution < -0.4 is 10.6 Å². The van der Waals surface area contributed by atoms with Gasteiger partial charge in [0.1, 0.15) is 0 Å². The molecule has 0 bridgehead atoms. The second-order valence-electron chi connectivity index (χ2n) is 4.27. The highest BCUT2D eigenvalue weighted by molar-refractivity contribution is 7.80. The molecular formula is C13H16N2OS. The average Bonchev–Trinajstić information content (AvgIpc) is 2.60. The van der Waals surface area contributed by atoms with E-state index in [1.165, 1.54) is 0 Å². The summed E-state index contributed by atoms with van der Waals surface area (Å²) in [6, 6.07) is 7.97. The zero-order valence-corrected chi connectivity index (χ0v) is 10.5. The highest BCUT2D eigenvalue weighted by Gasteiger charge is 2.25. The molecule has 0 fully saturated rings. The van der Waals surface area contributed by atoms with Gasteiger partial charge in [-0.25, -0.2) is 0 Å². The molecule has 1 aliphatic rings. The molecule has 17 heavy (non-hydrogen) atoms. The van der Waals surface area contributed by atoms with Crippen molar-refractivity contribution < 1.29 is 4.79 Å². The summed E-state index contributed by atoms with van der Waals surface area (Å²) in [6.45, 7) is 0.762. The van der Waals surface area contributed by atoms with Crippen LogP contribution in [0, 0.1) is 0 Å². The van der Waals surface area contributed by atoms with Crippen LogP contribution in [0.15, 0.2) is 24.3 Å². The zero-order chi connectivity index (χ0) is 12.3. The first kappa shape index (κ1) is 12.0. The van der Waals surface area contributed by atoms with E-state index in [2.05, 4.69) is 0 Å². The fraction of sp³-hybridized carbons (Fsp3) is 0.385. The van der Waals surface area contributed by atoms with Crippen molar-refractivity contribution in [1.29, 1.82) is 0 Å². The lowest BCUT2D eigenvalue weighted by Gasteiger charge is -2.17. The quantitative estimate of drug-likeness (QED) is 0.640. The number of nitrogens with two attached hydrogens (primary N) is 1.